The Morgan fingerprint density at radius 1 is 1.31 bits per heavy atom. The van der Waals surface area contributed by atoms with Gasteiger partial charge in [0.15, 0.2) is 0 Å². The predicted octanol–water partition coefficient (Wildman–Crippen LogP) is 2.17. The molecule has 0 aliphatic heterocycles. The Morgan fingerprint density at radius 3 is 2.31 bits per heavy atom. The van der Waals surface area contributed by atoms with Crippen LogP contribution in [0.2, 0.25) is 0 Å². The van der Waals surface area contributed by atoms with Crippen molar-refractivity contribution in [3.63, 3.8) is 0 Å². The van der Waals surface area contributed by atoms with Crippen molar-refractivity contribution in [1.82, 2.24) is 5.32 Å². The summed E-state index contributed by atoms with van der Waals surface area (Å²) in [7, 11) is 0. The lowest BCUT2D eigenvalue weighted by molar-refractivity contribution is 0.133. The van der Waals surface area contributed by atoms with Gasteiger partial charge in [0.2, 0.25) is 0 Å². The molecule has 2 nitrogen and oxygen atoms in total. The van der Waals surface area contributed by atoms with Crippen molar-refractivity contribution >= 4 is 0 Å². The Labute approximate surface area is 82.7 Å². The van der Waals surface area contributed by atoms with Crippen LogP contribution in [0.1, 0.15) is 47.0 Å². The first kappa shape index (κ1) is 12.9. The van der Waals surface area contributed by atoms with E-state index in [1.54, 1.807) is 0 Å². The van der Waals surface area contributed by atoms with Gasteiger partial charge in [-0.2, -0.15) is 0 Å². The number of hydrogen-bond acceptors (Lipinski definition) is 2. The molecule has 0 aromatic heterocycles. The maximum Gasteiger partial charge on any atom is 0.0613 e. The van der Waals surface area contributed by atoms with Crippen LogP contribution in [0.3, 0.4) is 0 Å². The van der Waals surface area contributed by atoms with E-state index in [9.17, 15) is 5.11 Å². The summed E-state index contributed by atoms with van der Waals surface area (Å²) in [6.45, 7) is 9.81. The van der Waals surface area contributed by atoms with Crippen molar-refractivity contribution in [2.45, 2.75) is 52.5 Å². The van der Waals surface area contributed by atoms with E-state index in [1.165, 1.54) is 19.3 Å². The predicted molar refractivity (Wildman–Crippen MR) is 57.9 cm³/mol. The molecule has 0 radical (unpaired) electrons. The van der Waals surface area contributed by atoms with Crippen LogP contribution in [-0.4, -0.2) is 23.8 Å². The second-order valence-electron chi connectivity index (χ2n) is 4.36. The summed E-state index contributed by atoms with van der Waals surface area (Å²) in [6, 6.07) is 0. The lowest BCUT2D eigenvalue weighted by Crippen LogP contribution is -2.50. The topological polar surface area (TPSA) is 32.3 Å². The molecular weight excluding hydrogens is 162 g/mol. The molecule has 2 heteroatoms. The highest BCUT2D eigenvalue weighted by atomic mass is 16.3. The van der Waals surface area contributed by atoms with E-state index in [0.29, 0.717) is 5.92 Å². The normalized spacial score (nSPS) is 16.2. The van der Waals surface area contributed by atoms with Gasteiger partial charge >= 0.3 is 0 Å². The Morgan fingerprint density at radius 2 is 1.92 bits per heavy atom. The SMILES string of the molecule is CCCCCN[C@@](C)(CO)C(C)C. The molecule has 13 heavy (non-hydrogen) atoms. The Kier molecular flexibility index (Phi) is 6.35. The fourth-order valence-corrected chi connectivity index (χ4v) is 1.19. The van der Waals surface area contributed by atoms with Crippen LogP contribution in [-0.2, 0) is 0 Å². The maximum absolute atomic E-state index is 9.25. The van der Waals surface area contributed by atoms with Gasteiger partial charge in [-0.1, -0.05) is 33.6 Å². The molecule has 0 heterocycles. The molecule has 0 fully saturated rings. The summed E-state index contributed by atoms with van der Waals surface area (Å²) in [5, 5.41) is 12.7. The van der Waals surface area contributed by atoms with Crippen LogP contribution in [0, 0.1) is 5.92 Å². The first-order chi connectivity index (χ1) is 6.06. The van der Waals surface area contributed by atoms with Crippen LogP contribution in [0.15, 0.2) is 0 Å². The molecule has 0 aliphatic rings. The monoisotopic (exact) mass is 187 g/mol. The van der Waals surface area contributed by atoms with Gasteiger partial charge in [0, 0.05) is 5.54 Å². The van der Waals surface area contributed by atoms with Gasteiger partial charge in [0.25, 0.3) is 0 Å². The zero-order chi connectivity index (χ0) is 10.3. The molecule has 0 unspecified atom stereocenters. The Hall–Kier alpha value is -0.0800. The van der Waals surface area contributed by atoms with Gasteiger partial charge in [-0.25, -0.2) is 0 Å². The molecule has 0 saturated heterocycles. The van der Waals surface area contributed by atoms with Crippen LogP contribution < -0.4 is 5.32 Å². The molecule has 0 aliphatic carbocycles. The fraction of sp³-hybridized carbons (Fsp3) is 1.00. The summed E-state index contributed by atoms with van der Waals surface area (Å²) in [5.41, 5.74) is -0.103. The highest BCUT2D eigenvalue weighted by molar-refractivity contribution is 4.85. The number of hydrogen-bond donors (Lipinski definition) is 2. The van der Waals surface area contributed by atoms with Crippen molar-refractivity contribution < 1.29 is 5.11 Å². The van der Waals surface area contributed by atoms with Gasteiger partial charge in [-0.05, 0) is 25.8 Å². The second-order valence-corrected chi connectivity index (χ2v) is 4.36. The summed E-state index contributed by atoms with van der Waals surface area (Å²) in [4.78, 5) is 0. The van der Waals surface area contributed by atoms with E-state index < -0.39 is 0 Å². The summed E-state index contributed by atoms with van der Waals surface area (Å²) < 4.78 is 0. The van der Waals surface area contributed by atoms with Crippen molar-refractivity contribution in [1.29, 1.82) is 0 Å². The number of nitrogens with one attached hydrogen (secondary N) is 1. The van der Waals surface area contributed by atoms with Crippen molar-refractivity contribution in [2.75, 3.05) is 13.2 Å². The van der Waals surface area contributed by atoms with Crippen molar-refractivity contribution in [2.24, 2.45) is 5.92 Å². The van der Waals surface area contributed by atoms with E-state index in [1.807, 2.05) is 0 Å². The van der Waals surface area contributed by atoms with Crippen molar-refractivity contribution in [3.8, 4) is 0 Å². The number of rotatable bonds is 7. The van der Waals surface area contributed by atoms with Gasteiger partial charge in [0.05, 0.1) is 6.61 Å². The van der Waals surface area contributed by atoms with Crippen LogP contribution in [0.25, 0.3) is 0 Å². The lowest BCUT2D eigenvalue weighted by atomic mass is 9.89. The van der Waals surface area contributed by atoms with E-state index in [2.05, 4.69) is 33.0 Å². The minimum Gasteiger partial charge on any atom is -0.394 e. The van der Waals surface area contributed by atoms with Crippen LogP contribution in [0.5, 0.6) is 0 Å². The Bertz CT molecular complexity index is 125. The zero-order valence-corrected chi connectivity index (χ0v) is 9.56. The van der Waals surface area contributed by atoms with Crippen LogP contribution >= 0.6 is 0 Å². The number of aliphatic hydroxyl groups is 1. The first-order valence-electron chi connectivity index (χ1n) is 5.42. The zero-order valence-electron chi connectivity index (χ0n) is 9.56. The quantitative estimate of drug-likeness (QED) is 0.599. The second kappa shape index (κ2) is 6.39. The molecule has 0 spiro atoms. The molecule has 0 aromatic rings. The van der Waals surface area contributed by atoms with Crippen LogP contribution in [0.4, 0.5) is 0 Å². The smallest absolute Gasteiger partial charge is 0.0613 e. The minimum absolute atomic E-state index is 0.103. The molecule has 0 aromatic carbocycles. The summed E-state index contributed by atoms with van der Waals surface area (Å²) >= 11 is 0. The molecule has 80 valence electrons. The third-order valence-corrected chi connectivity index (χ3v) is 2.91. The molecule has 0 saturated carbocycles. The molecule has 1 atom stereocenters. The van der Waals surface area contributed by atoms with E-state index in [0.717, 1.165) is 6.54 Å². The minimum atomic E-state index is -0.103. The standard InChI is InChI=1S/C11H25NO/c1-5-6-7-8-12-11(4,9-13)10(2)3/h10,12-13H,5-9H2,1-4H3/t11-/m0/s1. The molecule has 0 rings (SSSR count). The first-order valence-corrected chi connectivity index (χ1v) is 5.42. The van der Waals surface area contributed by atoms with E-state index >= 15 is 0 Å². The molecule has 0 amide bonds. The Balaban J connectivity index is 3.71. The van der Waals surface area contributed by atoms with E-state index in [-0.39, 0.29) is 12.1 Å². The molecule has 2 N–H and O–H groups in total. The average Bonchev–Trinajstić information content (AvgIpc) is 2.12. The van der Waals surface area contributed by atoms with Crippen molar-refractivity contribution in [3.05, 3.63) is 0 Å². The van der Waals surface area contributed by atoms with Gasteiger partial charge in [-0.3, -0.25) is 0 Å². The third-order valence-electron chi connectivity index (χ3n) is 2.91. The number of unbranched alkanes of at least 4 members (excludes halogenated alkanes) is 2. The highest BCUT2D eigenvalue weighted by Gasteiger charge is 2.25. The highest BCUT2D eigenvalue weighted by Crippen LogP contribution is 2.15. The largest absolute Gasteiger partial charge is 0.394 e. The van der Waals surface area contributed by atoms with Gasteiger partial charge in [0.1, 0.15) is 0 Å². The lowest BCUT2D eigenvalue weighted by Gasteiger charge is -2.33. The molecule has 0 bridgehead atoms. The summed E-state index contributed by atoms with van der Waals surface area (Å²) in [6.07, 6.45) is 3.73. The average molecular weight is 187 g/mol. The van der Waals surface area contributed by atoms with E-state index in [4.69, 9.17) is 0 Å². The number of aliphatic hydroxyl groups excluding tert-OH is 1. The molecular formula is C11H25NO. The maximum atomic E-state index is 9.25. The fourth-order valence-electron chi connectivity index (χ4n) is 1.19. The third kappa shape index (κ3) is 4.63. The van der Waals surface area contributed by atoms with Gasteiger partial charge < -0.3 is 10.4 Å². The van der Waals surface area contributed by atoms with Gasteiger partial charge in [-0.15, -0.1) is 0 Å². The summed E-state index contributed by atoms with van der Waals surface area (Å²) in [5.74, 6) is 0.471.